The summed E-state index contributed by atoms with van der Waals surface area (Å²) >= 11 is 1.54. The van der Waals surface area contributed by atoms with Crippen molar-refractivity contribution in [2.75, 3.05) is 7.11 Å². The van der Waals surface area contributed by atoms with Gasteiger partial charge in [-0.1, -0.05) is 37.3 Å². The van der Waals surface area contributed by atoms with Crippen LogP contribution in [0.5, 0.6) is 5.75 Å². The fourth-order valence-corrected chi connectivity index (χ4v) is 4.37. The summed E-state index contributed by atoms with van der Waals surface area (Å²) in [5.74, 6) is -0.345. The lowest BCUT2D eigenvalue weighted by Crippen LogP contribution is -2.08. The smallest absolute Gasteiger partial charge is 0.337 e. The Morgan fingerprint density at radius 1 is 1.11 bits per heavy atom. The van der Waals surface area contributed by atoms with Gasteiger partial charge in [0.05, 0.1) is 24.1 Å². The van der Waals surface area contributed by atoms with E-state index in [1.54, 1.807) is 13.2 Å². The predicted octanol–water partition coefficient (Wildman–Crippen LogP) is 5.61. The minimum atomic E-state index is -0.929. The molecule has 3 N–H and O–H groups in total. The number of rotatable bonds is 8. The number of carbonyl (C=O) groups is 2. The molecule has 0 bridgehead atoms. The number of hydrogen-bond acceptors (Lipinski definition) is 5. The van der Waals surface area contributed by atoms with Crippen molar-refractivity contribution in [3.05, 3.63) is 82.9 Å². The zero-order valence-electron chi connectivity index (χ0n) is 20.0. The highest BCUT2D eigenvalue weighted by Crippen LogP contribution is 2.32. The fourth-order valence-electron chi connectivity index (χ4n) is 3.55. The molecule has 2 heterocycles. The van der Waals surface area contributed by atoms with Crippen LogP contribution >= 0.6 is 11.3 Å². The van der Waals surface area contributed by atoms with Crippen LogP contribution in [0.2, 0.25) is 0 Å². The quantitative estimate of drug-likeness (QED) is 0.333. The summed E-state index contributed by atoms with van der Waals surface area (Å²) in [5, 5.41) is 12.5. The van der Waals surface area contributed by atoms with Crippen LogP contribution < -0.4 is 10.5 Å². The first-order valence-corrected chi connectivity index (χ1v) is 12.1. The van der Waals surface area contributed by atoms with Crippen LogP contribution in [0, 0.1) is 6.92 Å². The lowest BCUT2D eigenvalue weighted by atomic mass is 10.2. The SMILES string of the molecule is CCCC(N)=O.COc1ccc(-c2nc(-c3cc(C(=O)O)c(C)n3Cc3ccccc3)cs2)cc1. The van der Waals surface area contributed by atoms with Gasteiger partial charge in [0.1, 0.15) is 10.8 Å². The van der Waals surface area contributed by atoms with Crippen LogP contribution in [-0.2, 0) is 11.3 Å². The second kappa shape index (κ2) is 12.0. The Balaban J connectivity index is 0.000000509. The van der Waals surface area contributed by atoms with E-state index in [0.29, 0.717) is 18.5 Å². The number of benzene rings is 2. The van der Waals surface area contributed by atoms with Crippen LogP contribution in [0.4, 0.5) is 0 Å². The van der Waals surface area contributed by atoms with Crippen LogP contribution in [0.1, 0.15) is 41.4 Å². The Bertz CT molecular complexity index is 1280. The van der Waals surface area contributed by atoms with Gasteiger partial charge in [-0.2, -0.15) is 0 Å². The van der Waals surface area contributed by atoms with E-state index >= 15 is 0 Å². The van der Waals surface area contributed by atoms with Gasteiger partial charge in [-0.15, -0.1) is 11.3 Å². The topological polar surface area (TPSA) is 107 Å². The molecule has 182 valence electrons. The molecule has 0 aliphatic rings. The van der Waals surface area contributed by atoms with E-state index in [1.807, 2.05) is 78.4 Å². The third-order valence-electron chi connectivity index (χ3n) is 5.38. The van der Waals surface area contributed by atoms with Crippen LogP contribution in [0.3, 0.4) is 0 Å². The van der Waals surface area contributed by atoms with Crippen molar-refractivity contribution in [1.29, 1.82) is 0 Å². The minimum absolute atomic E-state index is 0.211. The Kier molecular flexibility index (Phi) is 8.80. The molecule has 0 saturated heterocycles. The minimum Gasteiger partial charge on any atom is -0.497 e. The molecule has 2 aromatic heterocycles. The van der Waals surface area contributed by atoms with E-state index in [1.165, 1.54) is 11.3 Å². The molecule has 4 rings (SSSR count). The van der Waals surface area contributed by atoms with Gasteiger partial charge in [-0.25, -0.2) is 9.78 Å². The maximum absolute atomic E-state index is 11.7. The highest BCUT2D eigenvalue weighted by molar-refractivity contribution is 7.13. The Labute approximate surface area is 208 Å². The molecule has 0 spiro atoms. The van der Waals surface area contributed by atoms with Gasteiger partial charge < -0.3 is 20.1 Å². The van der Waals surface area contributed by atoms with Gasteiger partial charge in [0.25, 0.3) is 0 Å². The van der Waals surface area contributed by atoms with Crippen molar-refractivity contribution in [3.8, 4) is 27.7 Å². The molecule has 8 heteroatoms. The Morgan fingerprint density at radius 2 is 1.80 bits per heavy atom. The predicted molar refractivity (Wildman–Crippen MR) is 139 cm³/mol. The first-order chi connectivity index (χ1) is 16.8. The third kappa shape index (κ3) is 6.58. The molecule has 0 radical (unpaired) electrons. The molecular formula is C27H29N3O4S. The van der Waals surface area contributed by atoms with Crippen LogP contribution in [0.15, 0.2) is 66.0 Å². The lowest BCUT2D eigenvalue weighted by molar-refractivity contribution is -0.118. The molecule has 1 amide bonds. The summed E-state index contributed by atoms with van der Waals surface area (Å²) in [6.45, 7) is 4.35. The number of aromatic nitrogens is 2. The van der Waals surface area contributed by atoms with Gasteiger partial charge in [0, 0.05) is 29.6 Å². The molecule has 0 fully saturated rings. The first kappa shape index (κ1) is 25.7. The second-order valence-corrected chi connectivity index (χ2v) is 8.75. The Morgan fingerprint density at radius 3 is 2.34 bits per heavy atom. The third-order valence-corrected chi connectivity index (χ3v) is 6.27. The number of carboxylic acid groups (broad SMARTS) is 1. The standard InChI is InChI=1S/C23H20N2O3S.C4H9NO/c1-15-19(23(26)27)12-21(25(15)13-16-6-4-3-5-7-16)20-14-29-22(24-20)17-8-10-18(28-2)11-9-17;1-2-3-4(5)6/h3-12,14H,13H2,1-2H3,(H,26,27);2-3H2,1H3,(H2,5,6). The van der Waals surface area contributed by atoms with Gasteiger partial charge >= 0.3 is 5.97 Å². The van der Waals surface area contributed by atoms with E-state index in [-0.39, 0.29) is 5.91 Å². The molecule has 0 atom stereocenters. The number of nitrogens with zero attached hydrogens (tertiary/aromatic N) is 2. The summed E-state index contributed by atoms with van der Waals surface area (Å²) in [4.78, 5) is 26.3. The summed E-state index contributed by atoms with van der Waals surface area (Å²) in [5.41, 5.74) is 9.46. The van der Waals surface area contributed by atoms with Crippen LogP contribution in [0.25, 0.3) is 22.0 Å². The molecule has 0 aliphatic carbocycles. The molecule has 0 saturated carbocycles. The molecule has 35 heavy (non-hydrogen) atoms. The average molecular weight is 492 g/mol. The maximum Gasteiger partial charge on any atom is 0.337 e. The van der Waals surface area contributed by atoms with E-state index < -0.39 is 5.97 Å². The van der Waals surface area contributed by atoms with E-state index in [0.717, 1.165) is 45.4 Å². The number of nitrogens with two attached hydrogens (primary N) is 1. The van der Waals surface area contributed by atoms with Crippen molar-refractivity contribution in [2.24, 2.45) is 5.73 Å². The van der Waals surface area contributed by atoms with Crippen LogP contribution in [-0.4, -0.2) is 33.6 Å². The van der Waals surface area contributed by atoms with Gasteiger partial charge in [0.15, 0.2) is 0 Å². The number of aromatic carboxylic acids is 1. The number of thiazole rings is 1. The van der Waals surface area contributed by atoms with Gasteiger partial charge in [-0.3, -0.25) is 4.79 Å². The van der Waals surface area contributed by atoms with Gasteiger partial charge in [0.2, 0.25) is 5.91 Å². The Hall–Kier alpha value is -3.91. The summed E-state index contributed by atoms with van der Waals surface area (Å²) in [6, 6.07) is 19.5. The summed E-state index contributed by atoms with van der Waals surface area (Å²) < 4.78 is 7.23. The number of primary amides is 1. The monoisotopic (exact) mass is 491 g/mol. The number of ether oxygens (including phenoxy) is 1. The maximum atomic E-state index is 11.7. The molecule has 7 nitrogen and oxygen atoms in total. The normalized spacial score (nSPS) is 10.4. The summed E-state index contributed by atoms with van der Waals surface area (Å²) in [6.07, 6.45) is 1.37. The zero-order chi connectivity index (χ0) is 25.4. The number of carbonyl (C=O) groups excluding carboxylic acids is 1. The van der Waals surface area contributed by atoms with Gasteiger partial charge in [-0.05, 0) is 49.2 Å². The van der Waals surface area contributed by atoms with Crippen molar-refractivity contribution < 1.29 is 19.4 Å². The van der Waals surface area contributed by atoms with Crippen molar-refractivity contribution in [3.63, 3.8) is 0 Å². The highest BCUT2D eigenvalue weighted by atomic mass is 32.1. The molecule has 0 aliphatic heterocycles. The molecule has 4 aromatic rings. The van der Waals surface area contributed by atoms with Crippen molar-refractivity contribution >= 4 is 23.2 Å². The second-order valence-electron chi connectivity index (χ2n) is 7.89. The molecule has 2 aromatic carbocycles. The van der Waals surface area contributed by atoms with Crippen molar-refractivity contribution in [1.82, 2.24) is 9.55 Å². The zero-order valence-corrected chi connectivity index (χ0v) is 20.8. The number of amides is 1. The van der Waals surface area contributed by atoms with E-state index in [2.05, 4.69) is 0 Å². The van der Waals surface area contributed by atoms with E-state index in [9.17, 15) is 14.7 Å². The highest BCUT2D eigenvalue weighted by Gasteiger charge is 2.20. The average Bonchev–Trinajstić information content (AvgIpc) is 3.46. The number of methoxy groups -OCH3 is 1. The lowest BCUT2D eigenvalue weighted by Gasteiger charge is -2.11. The largest absolute Gasteiger partial charge is 0.497 e. The first-order valence-electron chi connectivity index (χ1n) is 11.2. The molecule has 0 unspecified atom stereocenters. The molecular weight excluding hydrogens is 462 g/mol. The van der Waals surface area contributed by atoms with Crippen molar-refractivity contribution in [2.45, 2.75) is 33.2 Å². The fraction of sp³-hybridized carbons (Fsp3) is 0.222. The number of carboxylic acids is 1. The van der Waals surface area contributed by atoms with E-state index in [4.69, 9.17) is 15.5 Å². The number of hydrogen-bond donors (Lipinski definition) is 2. The summed E-state index contributed by atoms with van der Waals surface area (Å²) in [7, 11) is 1.64.